The minimum absolute atomic E-state index is 0.365. The summed E-state index contributed by atoms with van der Waals surface area (Å²) >= 11 is 11.0. The molecule has 3 nitrogen and oxygen atoms in total. The van der Waals surface area contributed by atoms with Crippen molar-refractivity contribution in [2.24, 2.45) is 11.7 Å². The lowest BCUT2D eigenvalue weighted by Crippen LogP contribution is -2.15. The second-order valence-electron chi connectivity index (χ2n) is 4.50. The first-order valence-electron chi connectivity index (χ1n) is 6.08. The van der Waals surface area contributed by atoms with E-state index in [9.17, 15) is 0 Å². The smallest absolute Gasteiger partial charge is 0.106 e. The lowest BCUT2D eigenvalue weighted by molar-refractivity contribution is 0.185. The number of halogens is 1. The van der Waals surface area contributed by atoms with Gasteiger partial charge < -0.3 is 15.8 Å². The number of thiocarbonyl (C=S) groups is 1. The van der Waals surface area contributed by atoms with Crippen molar-refractivity contribution in [3.05, 3.63) is 28.8 Å². The molecule has 0 amide bonds. The van der Waals surface area contributed by atoms with E-state index in [-0.39, 0.29) is 0 Å². The van der Waals surface area contributed by atoms with Crippen LogP contribution in [0.1, 0.15) is 18.4 Å². The lowest BCUT2D eigenvalue weighted by atomic mass is 10.1. The van der Waals surface area contributed by atoms with Crippen LogP contribution in [0.15, 0.2) is 18.2 Å². The summed E-state index contributed by atoms with van der Waals surface area (Å²) in [4.78, 5) is 0.365. The molecule has 0 spiro atoms. The van der Waals surface area contributed by atoms with Gasteiger partial charge in [0.2, 0.25) is 0 Å². The maximum Gasteiger partial charge on any atom is 0.106 e. The maximum absolute atomic E-state index is 5.94. The third-order valence-corrected chi connectivity index (χ3v) is 3.59. The van der Waals surface area contributed by atoms with Crippen molar-refractivity contribution in [1.82, 2.24) is 0 Å². The predicted octanol–water partition coefficient (Wildman–Crippen LogP) is 2.81. The third-order valence-electron chi connectivity index (χ3n) is 3.14. The first-order chi connectivity index (χ1) is 8.66. The number of anilines is 1. The highest BCUT2D eigenvalue weighted by molar-refractivity contribution is 7.80. The number of nitrogens with one attached hydrogen (secondary N) is 1. The van der Waals surface area contributed by atoms with Gasteiger partial charge in [0.05, 0.1) is 0 Å². The largest absolute Gasteiger partial charge is 0.389 e. The zero-order valence-electron chi connectivity index (χ0n) is 10.1. The van der Waals surface area contributed by atoms with E-state index in [1.54, 1.807) is 6.07 Å². The fraction of sp³-hybridized carbons (Fsp3) is 0.462. The molecule has 1 aliphatic heterocycles. The van der Waals surface area contributed by atoms with Gasteiger partial charge in [-0.3, -0.25) is 0 Å². The standard InChI is InChI=1S/C13H17ClN2OS/c14-10-1-2-12(11(7-10)13(15)18)16-5-3-9-4-6-17-8-9/h1-2,7,9,16H,3-6,8H2,(H2,15,18). The second kappa shape index (κ2) is 6.36. The summed E-state index contributed by atoms with van der Waals surface area (Å²) in [6.45, 7) is 2.67. The summed E-state index contributed by atoms with van der Waals surface area (Å²) in [5.74, 6) is 0.665. The Morgan fingerprint density at radius 1 is 1.56 bits per heavy atom. The van der Waals surface area contributed by atoms with Gasteiger partial charge in [-0.05, 0) is 37.0 Å². The summed E-state index contributed by atoms with van der Waals surface area (Å²) in [6.07, 6.45) is 2.25. The number of hydrogen-bond acceptors (Lipinski definition) is 3. The number of rotatable bonds is 5. The van der Waals surface area contributed by atoms with E-state index in [0.29, 0.717) is 15.9 Å². The van der Waals surface area contributed by atoms with Crippen molar-refractivity contribution in [2.45, 2.75) is 12.8 Å². The van der Waals surface area contributed by atoms with Crippen LogP contribution in [0.25, 0.3) is 0 Å². The molecule has 1 unspecified atom stereocenters. The molecule has 0 aromatic heterocycles. The van der Waals surface area contributed by atoms with E-state index in [2.05, 4.69) is 5.32 Å². The molecular weight excluding hydrogens is 268 g/mol. The molecule has 5 heteroatoms. The summed E-state index contributed by atoms with van der Waals surface area (Å²) < 4.78 is 5.35. The molecule has 1 saturated heterocycles. The molecule has 1 atom stereocenters. The van der Waals surface area contributed by atoms with Gasteiger partial charge in [0, 0.05) is 36.0 Å². The molecule has 2 rings (SSSR count). The van der Waals surface area contributed by atoms with Gasteiger partial charge in [-0.25, -0.2) is 0 Å². The second-order valence-corrected chi connectivity index (χ2v) is 5.38. The van der Waals surface area contributed by atoms with Gasteiger partial charge in [-0.1, -0.05) is 23.8 Å². The Morgan fingerprint density at radius 3 is 3.06 bits per heavy atom. The average molecular weight is 285 g/mol. The highest BCUT2D eigenvalue weighted by atomic mass is 35.5. The SMILES string of the molecule is NC(=S)c1cc(Cl)ccc1NCCC1CCOC1. The third kappa shape index (κ3) is 3.57. The normalized spacial score (nSPS) is 18.8. The van der Waals surface area contributed by atoms with Gasteiger partial charge >= 0.3 is 0 Å². The zero-order valence-corrected chi connectivity index (χ0v) is 11.7. The highest BCUT2D eigenvalue weighted by Crippen LogP contribution is 2.22. The Balaban J connectivity index is 1.93. The fourth-order valence-corrected chi connectivity index (χ4v) is 2.44. The summed E-state index contributed by atoms with van der Waals surface area (Å²) in [7, 11) is 0. The monoisotopic (exact) mass is 284 g/mol. The number of nitrogens with two attached hydrogens (primary N) is 1. The molecular formula is C13H17ClN2OS. The minimum atomic E-state index is 0.365. The van der Waals surface area contributed by atoms with Gasteiger partial charge in [0.25, 0.3) is 0 Å². The molecule has 0 bridgehead atoms. The van der Waals surface area contributed by atoms with E-state index in [1.807, 2.05) is 12.1 Å². The van der Waals surface area contributed by atoms with Crippen LogP contribution in [0.5, 0.6) is 0 Å². The van der Waals surface area contributed by atoms with Crippen LogP contribution in [0.2, 0.25) is 5.02 Å². The first-order valence-corrected chi connectivity index (χ1v) is 6.86. The molecule has 1 heterocycles. The van der Waals surface area contributed by atoms with Gasteiger partial charge in [-0.2, -0.15) is 0 Å². The lowest BCUT2D eigenvalue weighted by Gasteiger charge is -2.13. The maximum atomic E-state index is 5.94. The van der Waals surface area contributed by atoms with E-state index in [0.717, 1.165) is 43.9 Å². The first kappa shape index (κ1) is 13.6. The Kier molecular flexibility index (Phi) is 4.80. The fourth-order valence-electron chi connectivity index (χ4n) is 2.10. The van der Waals surface area contributed by atoms with Crippen molar-refractivity contribution >= 4 is 34.5 Å². The quantitative estimate of drug-likeness (QED) is 0.816. The Hall–Kier alpha value is -0.840. The Morgan fingerprint density at radius 2 is 2.39 bits per heavy atom. The molecule has 98 valence electrons. The Bertz CT molecular complexity index is 433. The summed E-state index contributed by atoms with van der Waals surface area (Å²) in [6, 6.07) is 5.55. The molecule has 1 aromatic carbocycles. The summed E-state index contributed by atoms with van der Waals surface area (Å²) in [5.41, 5.74) is 7.45. The average Bonchev–Trinajstić information content (AvgIpc) is 2.84. The summed E-state index contributed by atoms with van der Waals surface area (Å²) in [5, 5.41) is 4.01. The predicted molar refractivity (Wildman–Crippen MR) is 79.4 cm³/mol. The van der Waals surface area contributed by atoms with E-state index in [1.165, 1.54) is 0 Å². The van der Waals surface area contributed by atoms with E-state index < -0.39 is 0 Å². The van der Waals surface area contributed by atoms with Gasteiger partial charge in [0.15, 0.2) is 0 Å². The highest BCUT2D eigenvalue weighted by Gasteiger charge is 2.15. The van der Waals surface area contributed by atoms with Crippen LogP contribution >= 0.6 is 23.8 Å². The minimum Gasteiger partial charge on any atom is -0.389 e. The number of ether oxygens (including phenoxy) is 1. The molecule has 1 fully saturated rings. The topological polar surface area (TPSA) is 47.3 Å². The van der Waals surface area contributed by atoms with Crippen LogP contribution in [0, 0.1) is 5.92 Å². The molecule has 3 N–H and O–H groups in total. The molecule has 0 aliphatic carbocycles. The van der Waals surface area contributed by atoms with Crippen LogP contribution in [0.4, 0.5) is 5.69 Å². The molecule has 18 heavy (non-hydrogen) atoms. The number of benzene rings is 1. The van der Waals surface area contributed by atoms with Gasteiger partial charge in [-0.15, -0.1) is 0 Å². The molecule has 1 aromatic rings. The zero-order chi connectivity index (χ0) is 13.0. The van der Waals surface area contributed by atoms with Gasteiger partial charge in [0.1, 0.15) is 4.99 Å². The van der Waals surface area contributed by atoms with Crippen molar-refractivity contribution in [2.75, 3.05) is 25.1 Å². The van der Waals surface area contributed by atoms with Crippen LogP contribution in [0.3, 0.4) is 0 Å². The van der Waals surface area contributed by atoms with E-state index >= 15 is 0 Å². The van der Waals surface area contributed by atoms with Crippen molar-refractivity contribution in [3.8, 4) is 0 Å². The van der Waals surface area contributed by atoms with Crippen molar-refractivity contribution < 1.29 is 4.74 Å². The van der Waals surface area contributed by atoms with Crippen LogP contribution in [-0.4, -0.2) is 24.7 Å². The van der Waals surface area contributed by atoms with Crippen molar-refractivity contribution in [1.29, 1.82) is 0 Å². The Labute approximate surface area is 118 Å². The van der Waals surface area contributed by atoms with Crippen LogP contribution < -0.4 is 11.1 Å². The number of hydrogen-bond donors (Lipinski definition) is 2. The molecule has 0 saturated carbocycles. The molecule has 1 aliphatic rings. The van der Waals surface area contributed by atoms with Crippen LogP contribution in [-0.2, 0) is 4.74 Å². The van der Waals surface area contributed by atoms with Crippen molar-refractivity contribution in [3.63, 3.8) is 0 Å². The van der Waals surface area contributed by atoms with E-state index in [4.69, 9.17) is 34.3 Å². The molecule has 0 radical (unpaired) electrons.